The van der Waals surface area contributed by atoms with Crippen molar-refractivity contribution in [3.05, 3.63) is 48.6 Å². The number of carbonyl (C=O) groups is 3. The largest absolute Gasteiger partial charge is 0.480 e. The van der Waals surface area contributed by atoms with E-state index in [0.29, 0.717) is 12.8 Å². The van der Waals surface area contributed by atoms with Crippen molar-refractivity contribution < 1.29 is 47.5 Å². The summed E-state index contributed by atoms with van der Waals surface area (Å²) in [6, 6.07) is -1.53. The number of esters is 2. The van der Waals surface area contributed by atoms with E-state index in [1.54, 1.807) is 0 Å². The molecule has 12 heteroatoms. The summed E-state index contributed by atoms with van der Waals surface area (Å²) < 4.78 is 32.7. The van der Waals surface area contributed by atoms with Gasteiger partial charge in [0.2, 0.25) is 0 Å². The van der Waals surface area contributed by atoms with Crippen LogP contribution in [0.4, 0.5) is 0 Å². The number of carboxylic acids is 1. The van der Waals surface area contributed by atoms with Gasteiger partial charge in [0.05, 0.1) is 13.2 Å². The van der Waals surface area contributed by atoms with Gasteiger partial charge in [-0.1, -0.05) is 172 Å². The quantitative estimate of drug-likeness (QED) is 0.0231. The molecule has 11 nitrogen and oxygen atoms in total. The van der Waals surface area contributed by atoms with E-state index < -0.39 is 51.1 Å². The van der Waals surface area contributed by atoms with Crippen LogP contribution in [-0.2, 0) is 37.5 Å². The number of carbonyl (C=O) groups excluding carboxylic acids is 2. The molecule has 0 radical (unpaired) electrons. The van der Waals surface area contributed by atoms with Gasteiger partial charge >= 0.3 is 25.7 Å². The molecule has 58 heavy (non-hydrogen) atoms. The van der Waals surface area contributed by atoms with Crippen molar-refractivity contribution in [3.63, 3.8) is 0 Å². The Labute approximate surface area is 352 Å². The molecule has 0 amide bonds. The molecule has 0 aromatic rings. The summed E-state index contributed by atoms with van der Waals surface area (Å²) in [6.07, 6.45) is 46.0. The highest BCUT2D eigenvalue weighted by molar-refractivity contribution is 7.47. The fourth-order valence-electron chi connectivity index (χ4n) is 5.99. The Morgan fingerprint density at radius 3 is 1.40 bits per heavy atom. The van der Waals surface area contributed by atoms with Gasteiger partial charge in [-0.25, -0.2) is 4.57 Å². The van der Waals surface area contributed by atoms with E-state index in [1.165, 1.54) is 96.3 Å². The van der Waals surface area contributed by atoms with E-state index >= 15 is 0 Å². The molecule has 0 aliphatic heterocycles. The van der Waals surface area contributed by atoms with Crippen LogP contribution in [0.15, 0.2) is 48.6 Å². The number of unbranched alkanes of at least 4 members (excludes halogenated alkanes) is 20. The van der Waals surface area contributed by atoms with Crippen LogP contribution in [0.1, 0.15) is 194 Å². The molecule has 1 unspecified atom stereocenters. The Bertz CT molecular complexity index is 1170. The molecule has 0 aliphatic carbocycles. The van der Waals surface area contributed by atoms with Crippen molar-refractivity contribution >= 4 is 25.7 Å². The first-order chi connectivity index (χ1) is 28.1. The lowest BCUT2D eigenvalue weighted by Gasteiger charge is -2.20. The number of ether oxygens (including phenoxy) is 2. The van der Waals surface area contributed by atoms with Crippen molar-refractivity contribution in [1.82, 2.24) is 0 Å². The molecule has 0 spiro atoms. The molecule has 0 aromatic heterocycles. The molecule has 0 saturated carbocycles. The summed E-state index contributed by atoms with van der Waals surface area (Å²) in [5.41, 5.74) is 5.33. The van der Waals surface area contributed by atoms with Gasteiger partial charge in [0.25, 0.3) is 0 Å². The Hall–Kier alpha value is -2.56. The topological polar surface area (TPSA) is 172 Å². The number of hydrogen-bond donors (Lipinski definition) is 3. The number of hydrogen-bond acceptors (Lipinski definition) is 9. The van der Waals surface area contributed by atoms with E-state index in [4.69, 9.17) is 24.8 Å². The van der Waals surface area contributed by atoms with E-state index in [-0.39, 0.29) is 19.4 Å². The van der Waals surface area contributed by atoms with Gasteiger partial charge in [-0.3, -0.25) is 23.4 Å². The summed E-state index contributed by atoms with van der Waals surface area (Å²) in [5.74, 6) is -2.41. The van der Waals surface area contributed by atoms with Gasteiger partial charge < -0.3 is 25.2 Å². The predicted molar refractivity (Wildman–Crippen MR) is 235 cm³/mol. The van der Waals surface area contributed by atoms with Crippen LogP contribution in [-0.4, -0.2) is 59.9 Å². The lowest BCUT2D eigenvalue weighted by molar-refractivity contribution is -0.161. The van der Waals surface area contributed by atoms with Crippen LogP contribution < -0.4 is 5.73 Å². The van der Waals surface area contributed by atoms with Gasteiger partial charge in [0, 0.05) is 12.8 Å². The summed E-state index contributed by atoms with van der Waals surface area (Å²) >= 11 is 0. The van der Waals surface area contributed by atoms with E-state index in [2.05, 4.69) is 67.0 Å². The predicted octanol–water partition coefficient (Wildman–Crippen LogP) is 12.2. The fourth-order valence-corrected chi connectivity index (χ4v) is 6.77. The van der Waals surface area contributed by atoms with Crippen LogP contribution >= 0.6 is 7.82 Å². The molecule has 0 aromatic carbocycles. The summed E-state index contributed by atoms with van der Waals surface area (Å²) in [7, 11) is -4.72. The highest BCUT2D eigenvalue weighted by Crippen LogP contribution is 2.43. The van der Waals surface area contributed by atoms with Crippen LogP contribution in [0, 0.1) is 0 Å². The summed E-state index contributed by atoms with van der Waals surface area (Å²) in [4.78, 5) is 46.0. The molecule has 0 saturated heterocycles. The van der Waals surface area contributed by atoms with Crippen LogP contribution in [0.25, 0.3) is 0 Å². The van der Waals surface area contributed by atoms with Gasteiger partial charge in [-0.05, 0) is 57.8 Å². The maximum absolute atomic E-state index is 12.6. The molecule has 336 valence electrons. The number of carboxylic acid groups (broad SMARTS) is 1. The summed E-state index contributed by atoms with van der Waals surface area (Å²) in [6.45, 7) is 2.75. The van der Waals surface area contributed by atoms with E-state index in [0.717, 1.165) is 57.8 Å². The van der Waals surface area contributed by atoms with Gasteiger partial charge in [0.1, 0.15) is 12.6 Å². The smallest absolute Gasteiger partial charge is 0.472 e. The van der Waals surface area contributed by atoms with Gasteiger partial charge in [-0.2, -0.15) is 0 Å². The normalized spacial score (nSPS) is 14.1. The van der Waals surface area contributed by atoms with Crippen LogP contribution in [0.2, 0.25) is 0 Å². The van der Waals surface area contributed by atoms with Crippen molar-refractivity contribution in [2.24, 2.45) is 5.73 Å². The monoisotopic (exact) mass is 840 g/mol. The Balaban J connectivity index is 4.39. The third kappa shape index (κ3) is 40.2. The first-order valence-electron chi connectivity index (χ1n) is 22.7. The molecule has 0 aliphatic rings. The second-order valence-electron chi connectivity index (χ2n) is 15.2. The zero-order valence-corrected chi connectivity index (χ0v) is 37.3. The zero-order chi connectivity index (χ0) is 42.8. The van der Waals surface area contributed by atoms with E-state index in [9.17, 15) is 23.8 Å². The van der Waals surface area contributed by atoms with Crippen molar-refractivity contribution in [2.75, 3.05) is 19.8 Å². The molecule has 0 heterocycles. The molecular formula is C46H82NO10P. The highest BCUT2D eigenvalue weighted by atomic mass is 31.2. The third-order valence-electron chi connectivity index (χ3n) is 9.58. The molecule has 0 fully saturated rings. The fraction of sp³-hybridized carbons (Fsp3) is 0.761. The Morgan fingerprint density at radius 1 is 0.534 bits per heavy atom. The Morgan fingerprint density at radius 2 is 0.914 bits per heavy atom. The lowest BCUT2D eigenvalue weighted by atomic mass is 10.0. The average Bonchev–Trinajstić information content (AvgIpc) is 3.20. The third-order valence-corrected chi connectivity index (χ3v) is 10.5. The van der Waals surface area contributed by atoms with E-state index in [1.807, 2.05) is 0 Å². The van der Waals surface area contributed by atoms with Crippen molar-refractivity contribution in [1.29, 1.82) is 0 Å². The molecule has 0 bridgehead atoms. The maximum atomic E-state index is 12.6. The maximum Gasteiger partial charge on any atom is 0.472 e. The average molecular weight is 840 g/mol. The minimum Gasteiger partial charge on any atom is -0.480 e. The number of allylic oxidation sites excluding steroid dienone is 8. The molecule has 4 N–H and O–H groups in total. The second kappa shape index (κ2) is 41.2. The first-order valence-corrected chi connectivity index (χ1v) is 24.2. The molecular weight excluding hydrogens is 757 g/mol. The minimum absolute atomic E-state index is 0.156. The number of phosphoric acid groups is 1. The highest BCUT2D eigenvalue weighted by Gasteiger charge is 2.28. The SMILES string of the molecule is CCCCC/C=C\C/C=C\C/C=C\C/C=C\CCCCCC(=O)OC[C@H](COP(=O)(O)OC[C@H](N)C(=O)O)OC(=O)CCCCCCCCCCCCCCCCC. The second-order valence-corrected chi connectivity index (χ2v) is 16.6. The minimum atomic E-state index is -4.72. The number of nitrogens with two attached hydrogens (primary N) is 1. The standard InChI is InChI=1S/C46H82NO10P/c1-3-5-7-9-11-13-15-17-19-20-21-22-24-25-27-29-31-33-35-37-44(48)54-39-42(40-55-58(52,53)56-41-43(47)46(50)51)57-45(49)38-36-34-32-30-28-26-23-18-16-14-12-10-8-6-4-2/h11,13,17,19,21-22,25,27,42-43H,3-10,12,14-16,18,20,23-24,26,28-41,47H2,1-2H3,(H,50,51)(H,52,53)/b13-11-,19-17-,22-21-,27-25-/t42-,43+/m1/s1. The lowest BCUT2D eigenvalue weighted by Crippen LogP contribution is -2.34. The van der Waals surface area contributed by atoms with Crippen molar-refractivity contribution in [2.45, 2.75) is 206 Å². The zero-order valence-electron chi connectivity index (χ0n) is 36.4. The number of phosphoric ester groups is 1. The molecule has 3 atom stereocenters. The molecule has 0 rings (SSSR count). The van der Waals surface area contributed by atoms with Crippen LogP contribution in [0.3, 0.4) is 0 Å². The Kier molecular flexibility index (Phi) is 39.4. The first kappa shape index (κ1) is 55.4. The number of rotatable bonds is 42. The van der Waals surface area contributed by atoms with Crippen molar-refractivity contribution in [3.8, 4) is 0 Å². The van der Waals surface area contributed by atoms with Gasteiger partial charge in [0.15, 0.2) is 6.10 Å². The number of aliphatic carboxylic acids is 1. The van der Waals surface area contributed by atoms with Crippen LogP contribution in [0.5, 0.6) is 0 Å². The van der Waals surface area contributed by atoms with Gasteiger partial charge in [-0.15, -0.1) is 0 Å². The summed E-state index contributed by atoms with van der Waals surface area (Å²) in [5, 5.41) is 8.89.